The Morgan fingerprint density at radius 1 is 1.12 bits per heavy atom. The van der Waals surface area contributed by atoms with Crippen molar-refractivity contribution in [1.29, 1.82) is 0 Å². The van der Waals surface area contributed by atoms with Crippen LogP contribution in [0.15, 0.2) is 28.6 Å². The average molecular weight is 334 g/mol. The summed E-state index contributed by atoms with van der Waals surface area (Å²) in [5.74, 6) is 1.01. The molecule has 0 saturated heterocycles. The second-order valence-electron chi connectivity index (χ2n) is 4.43. The van der Waals surface area contributed by atoms with Crippen LogP contribution < -0.4 is 14.2 Å². The number of ether oxygens (including phenoxy) is 4. The van der Waals surface area contributed by atoms with Gasteiger partial charge in [0.15, 0.2) is 23.0 Å². The first-order valence-electron chi connectivity index (χ1n) is 7.06. The third-order valence-corrected chi connectivity index (χ3v) is 3.05. The van der Waals surface area contributed by atoms with Crippen molar-refractivity contribution in [3.8, 4) is 17.2 Å². The van der Waals surface area contributed by atoms with Crippen molar-refractivity contribution in [2.75, 3.05) is 27.9 Å². The molecule has 0 saturated carbocycles. The zero-order chi connectivity index (χ0) is 17.5. The van der Waals surface area contributed by atoms with Gasteiger partial charge >= 0.3 is 5.97 Å². The van der Waals surface area contributed by atoms with Crippen molar-refractivity contribution in [3.63, 3.8) is 0 Å². The lowest BCUT2D eigenvalue weighted by molar-refractivity contribution is 0.0527. The molecule has 1 aromatic carbocycles. The molecule has 0 radical (unpaired) electrons. The van der Waals surface area contributed by atoms with E-state index in [4.69, 9.17) is 18.9 Å². The van der Waals surface area contributed by atoms with E-state index in [9.17, 15) is 4.79 Å². The molecule has 1 aromatic heterocycles. The molecule has 0 aliphatic carbocycles. The number of hydrogen-bond donors (Lipinski definition) is 1. The van der Waals surface area contributed by atoms with E-state index in [0.29, 0.717) is 22.9 Å². The summed E-state index contributed by atoms with van der Waals surface area (Å²) in [6.07, 6.45) is 1.33. The van der Waals surface area contributed by atoms with Gasteiger partial charge in [-0.1, -0.05) is 0 Å². The standard InChI is InChI=1S/C15H18N4O5/c1-5-24-15(20)10-8-16-18-14(10)19-17-13-11(22-3)6-9(21-2)7-12(13)23-4/h6-8H,5H2,1-4H3,(H,16,18). The van der Waals surface area contributed by atoms with Gasteiger partial charge in [-0.15, -0.1) is 10.2 Å². The van der Waals surface area contributed by atoms with Crippen LogP contribution >= 0.6 is 0 Å². The maximum absolute atomic E-state index is 11.8. The first-order chi connectivity index (χ1) is 11.6. The number of azo groups is 1. The Morgan fingerprint density at radius 3 is 2.33 bits per heavy atom. The summed E-state index contributed by atoms with van der Waals surface area (Å²) in [6.45, 7) is 1.97. The van der Waals surface area contributed by atoms with Crippen LogP contribution in [-0.2, 0) is 4.74 Å². The highest BCUT2D eigenvalue weighted by atomic mass is 16.5. The number of methoxy groups -OCH3 is 3. The minimum atomic E-state index is -0.533. The quantitative estimate of drug-likeness (QED) is 0.616. The fraction of sp³-hybridized carbons (Fsp3) is 0.333. The largest absolute Gasteiger partial charge is 0.496 e. The molecule has 9 heteroatoms. The topological polar surface area (TPSA) is 107 Å². The molecule has 24 heavy (non-hydrogen) atoms. The van der Waals surface area contributed by atoms with Crippen LogP contribution in [0, 0.1) is 0 Å². The van der Waals surface area contributed by atoms with Gasteiger partial charge in [0.2, 0.25) is 0 Å². The SMILES string of the molecule is CCOC(=O)c1cn[nH]c1N=Nc1c(OC)cc(OC)cc1OC. The molecule has 1 N–H and O–H groups in total. The van der Waals surface area contributed by atoms with Gasteiger partial charge in [0.25, 0.3) is 0 Å². The van der Waals surface area contributed by atoms with Gasteiger partial charge in [-0.3, -0.25) is 5.10 Å². The lowest BCUT2D eigenvalue weighted by Crippen LogP contribution is -2.03. The van der Waals surface area contributed by atoms with E-state index >= 15 is 0 Å². The number of benzene rings is 1. The van der Waals surface area contributed by atoms with Crippen LogP contribution in [0.5, 0.6) is 17.2 Å². The summed E-state index contributed by atoms with van der Waals surface area (Å²) >= 11 is 0. The van der Waals surface area contributed by atoms with E-state index in [2.05, 4.69) is 20.4 Å². The Morgan fingerprint density at radius 2 is 1.79 bits per heavy atom. The summed E-state index contributed by atoms with van der Waals surface area (Å²) in [5.41, 5.74) is 0.539. The number of rotatable bonds is 7. The number of nitrogens with zero attached hydrogens (tertiary/aromatic N) is 3. The van der Waals surface area contributed by atoms with E-state index in [1.54, 1.807) is 19.1 Å². The zero-order valence-electron chi connectivity index (χ0n) is 13.8. The molecule has 0 fully saturated rings. The Hall–Kier alpha value is -3.10. The van der Waals surface area contributed by atoms with Crippen molar-refractivity contribution in [1.82, 2.24) is 10.2 Å². The average Bonchev–Trinajstić information content (AvgIpc) is 3.07. The highest BCUT2D eigenvalue weighted by Crippen LogP contribution is 2.41. The number of H-pyrrole nitrogens is 1. The zero-order valence-corrected chi connectivity index (χ0v) is 13.8. The van der Waals surface area contributed by atoms with E-state index in [1.807, 2.05) is 0 Å². The number of aromatic nitrogens is 2. The summed E-state index contributed by atoms with van der Waals surface area (Å²) in [5, 5.41) is 14.5. The van der Waals surface area contributed by atoms with Crippen LogP contribution in [0.3, 0.4) is 0 Å². The number of carbonyl (C=O) groups is 1. The molecule has 2 aromatic rings. The van der Waals surface area contributed by atoms with Gasteiger partial charge in [0.05, 0.1) is 34.1 Å². The maximum Gasteiger partial charge on any atom is 0.343 e. The molecule has 0 aliphatic heterocycles. The molecule has 2 rings (SSSR count). The minimum absolute atomic E-state index is 0.174. The van der Waals surface area contributed by atoms with Crippen LogP contribution in [-0.4, -0.2) is 44.1 Å². The molecule has 128 valence electrons. The van der Waals surface area contributed by atoms with Gasteiger partial charge in [0, 0.05) is 12.1 Å². The van der Waals surface area contributed by atoms with Crippen molar-refractivity contribution in [2.24, 2.45) is 10.2 Å². The third-order valence-electron chi connectivity index (χ3n) is 3.05. The predicted molar refractivity (Wildman–Crippen MR) is 84.8 cm³/mol. The number of aromatic amines is 1. The third kappa shape index (κ3) is 3.62. The van der Waals surface area contributed by atoms with E-state index in [-0.39, 0.29) is 18.0 Å². The van der Waals surface area contributed by atoms with Crippen LogP contribution in [0.25, 0.3) is 0 Å². The van der Waals surface area contributed by atoms with Gasteiger partial charge in [-0.05, 0) is 6.92 Å². The smallest absolute Gasteiger partial charge is 0.343 e. The first-order valence-corrected chi connectivity index (χ1v) is 7.06. The molecule has 0 unspecified atom stereocenters. The number of carbonyl (C=O) groups excluding carboxylic acids is 1. The van der Waals surface area contributed by atoms with Gasteiger partial charge < -0.3 is 18.9 Å². The highest BCUT2D eigenvalue weighted by molar-refractivity contribution is 5.93. The fourth-order valence-electron chi connectivity index (χ4n) is 1.90. The molecule has 1 heterocycles. The lowest BCUT2D eigenvalue weighted by Gasteiger charge is -2.11. The minimum Gasteiger partial charge on any atom is -0.496 e. The van der Waals surface area contributed by atoms with Gasteiger partial charge in [-0.2, -0.15) is 5.10 Å². The Labute approximate surface area is 138 Å². The summed E-state index contributed by atoms with van der Waals surface area (Å²) in [4.78, 5) is 11.8. The second kappa shape index (κ2) is 7.95. The van der Waals surface area contributed by atoms with Crippen molar-refractivity contribution >= 4 is 17.5 Å². The van der Waals surface area contributed by atoms with Crippen molar-refractivity contribution in [2.45, 2.75) is 6.92 Å². The maximum atomic E-state index is 11.8. The monoisotopic (exact) mass is 334 g/mol. The number of esters is 1. The molecule has 0 amide bonds. The molecular weight excluding hydrogens is 316 g/mol. The highest BCUT2D eigenvalue weighted by Gasteiger charge is 2.16. The van der Waals surface area contributed by atoms with Gasteiger partial charge in [-0.25, -0.2) is 4.79 Å². The lowest BCUT2D eigenvalue weighted by atomic mass is 10.2. The molecule has 0 aliphatic rings. The Kier molecular flexibility index (Phi) is 5.72. The normalized spacial score (nSPS) is 10.7. The summed E-state index contributed by atoms with van der Waals surface area (Å²) in [7, 11) is 4.52. The van der Waals surface area contributed by atoms with Gasteiger partial charge in [0.1, 0.15) is 11.3 Å². The number of hydrogen-bond acceptors (Lipinski definition) is 8. The van der Waals surface area contributed by atoms with E-state index in [0.717, 1.165) is 0 Å². The molecular formula is C15H18N4O5. The van der Waals surface area contributed by atoms with Crippen molar-refractivity contribution < 1.29 is 23.7 Å². The molecule has 0 atom stereocenters. The van der Waals surface area contributed by atoms with E-state index < -0.39 is 5.97 Å². The molecule has 9 nitrogen and oxygen atoms in total. The summed E-state index contributed by atoms with van der Waals surface area (Å²) in [6, 6.07) is 3.30. The van der Waals surface area contributed by atoms with Crippen LogP contribution in [0.4, 0.5) is 11.5 Å². The second-order valence-corrected chi connectivity index (χ2v) is 4.43. The first kappa shape index (κ1) is 17.3. The van der Waals surface area contributed by atoms with E-state index in [1.165, 1.54) is 27.5 Å². The fourth-order valence-corrected chi connectivity index (χ4v) is 1.90. The van der Waals surface area contributed by atoms with Crippen molar-refractivity contribution in [3.05, 3.63) is 23.9 Å². The Bertz CT molecular complexity index is 716. The van der Waals surface area contributed by atoms with Crippen LogP contribution in [0.2, 0.25) is 0 Å². The number of nitrogens with one attached hydrogen (secondary N) is 1. The molecule has 0 spiro atoms. The predicted octanol–water partition coefficient (Wildman–Crippen LogP) is 3.03. The summed E-state index contributed by atoms with van der Waals surface area (Å²) < 4.78 is 20.7. The molecule has 0 bridgehead atoms. The Balaban J connectivity index is 2.39. The van der Waals surface area contributed by atoms with Crippen LogP contribution in [0.1, 0.15) is 17.3 Å².